The third kappa shape index (κ3) is 8.24. The summed E-state index contributed by atoms with van der Waals surface area (Å²) in [4.78, 5) is 0. The average Bonchev–Trinajstić information content (AvgIpc) is 2.85. The van der Waals surface area contributed by atoms with Crippen LogP contribution in [0, 0.1) is 0 Å². The monoisotopic (exact) mass is 285 g/mol. The van der Waals surface area contributed by atoms with Gasteiger partial charge in [0.25, 0.3) is 0 Å². The van der Waals surface area contributed by atoms with Gasteiger partial charge in [-0.25, -0.2) is 0 Å². The summed E-state index contributed by atoms with van der Waals surface area (Å²) in [6.45, 7) is 5.83. The molecule has 0 aromatic carbocycles. The van der Waals surface area contributed by atoms with E-state index in [-0.39, 0.29) is 0 Å². The fraction of sp³-hybridized carbons (Fsp3) is 1.00. The molecule has 0 heterocycles. The van der Waals surface area contributed by atoms with E-state index in [2.05, 4.69) is 30.9 Å². The van der Waals surface area contributed by atoms with Gasteiger partial charge in [0.2, 0.25) is 0 Å². The van der Waals surface area contributed by atoms with Crippen molar-refractivity contribution in [1.82, 2.24) is 5.32 Å². The van der Waals surface area contributed by atoms with Gasteiger partial charge in [-0.1, -0.05) is 65.2 Å². The highest BCUT2D eigenvalue weighted by Crippen LogP contribution is 2.29. The lowest BCUT2D eigenvalue weighted by Crippen LogP contribution is -2.34. The molecule has 1 fully saturated rings. The van der Waals surface area contributed by atoms with Gasteiger partial charge in [0.05, 0.1) is 0 Å². The zero-order chi connectivity index (χ0) is 13.8. The maximum absolute atomic E-state index is 3.81. The van der Waals surface area contributed by atoms with Gasteiger partial charge < -0.3 is 5.32 Å². The summed E-state index contributed by atoms with van der Waals surface area (Å²) in [7, 11) is 0. The summed E-state index contributed by atoms with van der Waals surface area (Å²) in [5, 5.41) is 4.71. The molecule has 0 aromatic rings. The minimum Gasteiger partial charge on any atom is -0.313 e. The Bertz CT molecular complexity index is 196. The van der Waals surface area contributed by atoms with Crippen LogP contribution in [-0.4, -0.2) is 23.6 Å². The van der Waals surface area contributed by atoms with Gasteiger partial charge in [0.1, 0.15) is 0 Å². The van der Waals surface area contributed by atoms with Crippen LogP contribution in [0.25, 0.3) is 0 Å². The Labute approximate surface area is 125 Å². The van der Waals surface area contributed by atoms with Crippen LogP contribution in [0.1, 0.15) is 84.5 Å². The van der Waals surface area contributed by atoms with E-state index >= 15 is 0 Å². The first-order valence-electron chi connectivity index (χ1n) is 8.73. The maximum Gasteiger partial charge on any atom is 0.0201 e. The zero-order valence-corrected chi connectivity index (χ0v) is 14.1. The van der Waals surface area contributed by atoms with Crippen LogP contribution in [0.4, 0.5) is 0 Å². The summed E-state index contributed by atoms with van der Waals surface area (Å²) >= 11 is 2.16. The summed E-state index contributed by atoms with van der Waals surface area (Å²) in [5.74, 6) is 1.28. The fourth-order valence-electron chi connectivity index (χ4n) is 3.12. The number of nitrogens with one attached hydrogen (secondary N) is 1. The van der Waals surface area contributed by atoms with E-state index in [9.17, 15) is 0 Å². The second-order valence-corrected chi connectivity index (χ2v) is 7.48. The van der Waals surface area contributed by atoms with Crippen LogP contribution in [-0.2, 0) is 0 Å². The second-order valence-electron chi connectivity index (χ2n) is 5.96. The Balaban J connectivity index is 1.87. The lowest BCUT2D eigenvalue weighted by Gasteiger charge is -2.20. The molecule has 0 radical (unpaired) electrons. The number of thioether (sulfide) groups is 1. The number of hydrogen-bond donors (Lipinski definition) is 1. The fourth-order valence-corrected chi connectivity index (χ4v) is 4.35. The summed E-state index contributed by atoms with van der Waals surface area (Å²) in [5.41, 5.74) is 0. The van der Waals surface area contributed by atoms with E-state index in [1.54, 1.807) is 0 Å². The molecule has 114 valence electrons. The standard InChI is InChI=1S/C17H35NS/c1-3-5-6-7-8-9-10-11-15-18-16-13-12-14-17(16)19-4-2/h16-18H,3-15H2,1-2H3. The average molecular weight is 286 g/mol. The molecule has 1 aliphatic carbocycles. The predicted molar refractivity (Wildman–Crippen MR) is 90.2 cm³/mol. The maximum atomic E-state index is 3.81. The molecule has 0 bridgehead atoms. The molecule has 1 nitrogen and oxygen atoms in total. The lowest BCUT2D eigenvalue weighted by molar-refractivity contribution is 0.500. The lowest BCUT2D eigenvalue weighted by atomic mass is 10.1. The van der Waals surface area contributed by atoms with E-state index in [0.717, 1.165) is 11.3 Å². The molecular formula is C17H35NS. The summed E-state index contributed by atoms with van der Waals surface area (Å²) in [6.07, 6.45) is 15.7. The molecule has 0 spiro atoms. The van der Waals surface area contributed by atoms with Crippen LogP contribution in [0.2, 0.25) is 0 Å². The third-order valence-electron chi connectivity index (χ3n) is 4.27. The van der Waals surface area contributed by atoms with Gasteiger partial charge in [0, 0.05) is 11.3 Å². The van der Waals surface area contributed by atoms with Gasteiger partial charge in [-0.05, 0) is 31.6 Å². The molecule has 0 aliphatic heterocycles. The van der Waals surface area contributed by atoms with Crippen LogP contribution in [0.5, 0.6) is 0 Å². The van der Waals surface area contributed by atoms with Crippen molar-refractivity contribution in [3.63, 3.8) is 0 Å². The van der Waals surface area contributed by atoms with E-state index in [4.69, 9.17) is 0 Å². The molecule has 0 amide bonds. The van der Waals surface area contributed by atoms with Crippen LogP contribution >= 0.6 is 11.8 Å². The smallest absolute Gasteiger partial charge is 0.0201 e. The third-order valence-corrected chi connectivity index (χ3v) is 5.60. The molecule has 2 unspecified atom stereocenters. The molecule has 1 saturated carbocycles. The first-order valence-corrected chi connectivity index (χ1v) is 9.78. The molecule has 1 rings (SSSR count). The summed E-state index contributed by atoms with van der Waals surface area (Å²) < 4.78 is 0. The Morgan fingerprint density at radius 1 is 0.895 bits per heavy atom. The molecule has 1 N–H and O–H groups in total. The van der Waals surface area contributed by atoms with Gasteiger partial charge >= 0.3 is 0 Å². The van der Waals surface area contributed by atoms with E-state index < -0.39 is 0 Å². The van der Waals surface area contributed by atoms with Crippen LogP contribution in [0.15, 0.2) is 0 Å². The SMILES string of the molecule is CCCCCCCCCCNC1CCCC1SCC. The number of unbranched alkanes of at least 4 members (excludes halogenated alkanes) is 7. The summed E-state index contributed by atoms with van der Waals surface area (Å²) in [6, 6.07) is 0.814. The number of hydrogen-bond acceptors (Lipinski definition) is 2. The van der Waals surface area contributed by atoms with E-state index in [0.29, 0.717) is 0 Å². The highest BCUT2D eigenvalue weighted by Gasteiger charge is 2.26. The molecule has 1 aliphatic rings. The Morgan fingerprint density at radius 3 is 2.26 bits per heavy atom. The van der Waals surface area contributed by atoms with Crippen molar-refractivity contribution in [1.29, 1.82) is 0 Å². The topological polar surface area (TPSA) is 12.0 Å². The van der Waals surface area contributed by atoms with Crippen molar-refractivity contribution >= 4 is 11.8 Å². The normalized spacial score (nSPS) is 23.1. The second kappa shape index (κ2) is 12.1. The Morgan fingerprint density at radius 2 is 1.58 bits per heavy atom. The van der Waals surface area contributed by atoms with Gasteiger partial charge in [0.15, 0.2) is 0 Å². The van der Waals surface area contributed by atoms with Crippen LogP contribution in [0.3, 0.4) is 0 Å². The number of rotatable bonds is 12. The quantitative estimate of drug-likeness (QED) is 0.482. The zero-order valence-electron chi connectivity index (χ0n) is 13.3. The predicted octanol–water partition coefficient (Wildman–Crippen LogP) is 5.39. The Hall–Kier alpha value is 0.310. The van der Waals surface area contributed by atoms with Crippen molar-refractivity contribution in [2.45, 2.75) is 95.8 Å². The molecule has 0 aromatic heterocycles. The largest absolute Gasteiger partial charge is 0.313 e. The van der Waals surface area contributed by atoms with Gasteiger partial charge in [-0.15, -0.1) is 0 Å². The molecule has 2 atom stereocenters. The highest BCUT2D eigenvalue weighted by molar-refractivity contribution is 7.99. The highest BCUT2D eigenvalue weighted by atomic mass is 32.2. The van der Waals surface area contributed by atoms with Crippen molar-refractivity contribution in [2.24, 2.45) is 0 Å². The van der Waals surface area contributed by atoms with Crippen molar-refractivity contribution in [3.05, 3.63) is 0 Å². The van der Waals surface area contributed by atoms with Crippen molar-refractivity contribution < 1.29 is 0 Å². The molecular weight excluding hydrogens is 250 g/mol. The minimum absolute atomic E-state index is 0.814. The first-order chi connectivity index (χ1) is 9.38. The molecule has 0 saturated heterocycles. The van der Waals surface area contributed by atoms with Crippen molar-refractivity contribution in [3.8, 4) is 0 Å². The van der Waals surface area contributed by atoms with E-state index in [1.165, 1.54) is 82.9 Å². The first kappa shape index (κ1) is 17.4. The minimum atomic E-state index is 0.814. The Kier molecular flexibility index (Phi) is 11.0. The van der Waals surface area contributed by atoms with Crippen molar-refractivity contribution in [2.75, 3.05) is 12.3 Å². The van der Waals surface area contributed by atoms with Crippen LogP contribution < -0.4 is 5.32 Å². The molecule has 19 heavy (non-hydrogen) atoms. The molecule has 2 heteroatoms. The van der Waals surface area contributed by atoms with E-state index in [1.807, 2.05) is 0 Å². The van der Waals surface area contributed by atoms with Gasteiger partial charge in [-0.3, -0.25) is 0 Å². The van der Waals surface area contributed by atoms with Gasteiger partial charge in [-0.2, -0.15) is 11.8 Å².